The molecule has 0 spiro atoms. The second-order valence-electron chi connectivity index (χ2n) is 6.03. The van der Waals surface area contributed by atoms with E-state index in [0.717, 1.165) is 25.1 Å². The number of nitrogens with one attached hydrogen (secondary N) is 1. The van der Waals surface area contributed by atoms with Crippen molar-refractivity contribution in [1.82, 2.24) is 10.2 Å². The molecular weight excluding hydrogens is 263 g/mol. The summed E-state index contributed by atoms with van der Waals surface area (Å²) >= 11 is 0. The quantitative estimate of drug-likeness (QED) is 0.848. The number of rotatable bonds is 6. The molecule has 0 amide bonds. The summed E-state index contributed by atoms with van der Waals surface area (Å²) in [7, 11) is 0. The Hall–Kier alpha value is -0.930. The van der Waals surface area contributed by atoms with Crippen LogP contribution in [0.2, 0.25) is 0 Å². The van der Waals surface area contributed by atoms with Gasteiger partial charge in [0.05, 0.1) is 0 Å². The van der Waals surface area contributed by atoms with E-state index in [-0.39, 0.29) is 11.9 Å². The number of benzene rings is 1. The third-order valence-electron chi connectivity index (χ3n) is 4.41. The molecule has 1 aromatic carbocycles. The normalized spacial score (nSPS) is 19.0. The molecule has 2 nitrogen and oxygen atoms in total. The van der Waals surface area contributed by atoms with Crippen molar-refractivity contribution in [3.05, 3.63) is 35.6 Å². The zero-order valence-corrected chi connectivity index (χ0v) is 13.3. The molecule has 1 unspecified atom stereocenters. The molecule has 1 N–H and O–H groups in total. The van der Waals surface area contributed by atoms with E-state index in [1.165, 1.54) is 45.2 Å². The minimum atomic E-state index is -0.0869. The van der Waals surface area contributed by atoms with Crippen LogP contribution in [0.1, 0.15) is 57.1 Å². The topological polar surface area (TPSA) is 15.3 Å². The van der Waals surface area contributed by atoms with Gasteiger partial charge >= 0.3 is 0 Å². The molecule has 3 heteroatoms. The molecule has 0 aliphatic carbocycles. The number of hydrogen-bond acceptors (Lipinski definition) is 2. The summed E-state index contributed by atoms with van der Waals surface area (Å²) in [6.45, 7) is 6.43. The van der Waals surface area contributed by atoms with Gasteiger partial charge in [-0.1, -0.05) is 44.4 Å². The lowest BCUT2D eigenvalue weighted by atomic mass is 10.0. The monoisotopic (exact) mass is 292 g/mol. The third kappa shape index (κ3) is 5.40. The van der Waals surface area contributed by atoms with Gasteiger partial charge in [0.1, 0.15) is 5.82 Å². The first kappa shape index (κ1) is 16.4. The predicted octanol–water partition coefficient (Wildman–Crippen LogP) is 4.13. The maximum absolute atomic E-state index is 14.0. The van der Waals surface area contributed by atoms with Gasteiger partial charge in [0.2, 0.25) is 0 Å². The highest BCUT2D eigenvalue weighted by molar-refractivity contribution is 5.21. The fourth-order valence-corrected chi connectivity index (χ4v) is 3.22. The molecule has 1 atom stereocenters. The summed E-state index contributed by atoms with van der Waals surface area (Å²) in [6.07, 6.45) is 7.72. The molecule has 0 saturated carbocycles. The predicted molar refractivity (Wildman–Crippen MR) is 87.0 cm³/mol. The Balaban J connectivity index is 1.91. The van der Waals surface area contributed by atoms with Gasteiger partial charge in [0.25, 0.3) is 0 Å². The van der Waals surface area contributed by atoms with Gasteiger partial charge in [-0.2, -0.15) is 0 Å². The van der Waals surface area contributed by atoms with Crippen LogP contribution in [-0.4, -0.2) is 31.1 Å². The van der Waals surface area contributed by atoms with Crippen molar-refractivity contribution >= 4 is 0 Å². The largest absolute Gasteiger partial charge is 0.310 e. The van der Waals surface area contributed by atoms with Gasteiger partial charge in [-0.15, -0.1) is 0 Å². The average Bonchev–Trinajstić information content (AvgIpc) is 2.45. The minimum absolute atomic E-state index is 0.0869. The molecule has 1 saturated heterocycles. The van der Waals surface area contributed by atoms with E-state index in [4.69, 9.17) is 0 Å². The van der Waals surface area contributed by atoms with Gasteiger partial charge in [-0.25, -0.2) is 4.39 Å². The van der Waals surface area contributed by atoms with Gasteiger partial charge < -0.3 is 10.2 Å². The van der Waals surface area contributed by atoms with E-state index in [1.54, 1.807) is 12.1 Å². The minimum Gasteiger partial charge on any atom is -0.310 e. The van der Waals surface area contributed by atoms with Crippen LogP contribution in [0, 0.1) is 5.82 Å². The zero-order chi connectivity index (χ0) is 14.9. The zero-order valence-electron chi connectivity index (χ0n) is 13.3. The van der Waals surface area contributed by atoms with E-state index in [1.807, 2.05) is 12.1 Å². The molecule has 1 aliphatic rings. The molecule has 2 rings (SSSR count). The van der Waals surface area contributed by atoms with Gasteiger partial charge in [-0.05, 0) is 51.5 Å². The highest BCUT2D eigenvalue weighted by Crippen LogP contribution is 2.21. The third-order valence-corrected chi connectivity index (χ3v) is 4.41. The van der Waals surface area contributed by atoms with Gasteiger partial charge in [-0.3, -0.25) is 0 Å². The summed E-state index contributed by atoms with van der Waals surface area (Å²) in [5, 5.41) is 3.44. The Morgan fingerprint density at radius 1 is 1.10 bits per heavy atom. The Labute approximate surface area is 128 Å². The van der Waals surface area contributed by atoms with Crippen LogP contribution < -0.4 is 5.32 Å². The Kier molecular flexibility index (Phi) is 7.17. The van der Waals surface area contributed by atoms with Crippen LogP contribution >= 0.6 is 0 Å². The Morgan fingerprint density at radius 2 is 1.76 bits per heavy atom. The lowest BCUT2D eigenvalue weighted by Crippen LogP contribution is -2.32. The molecule has 1 aliphatic heterocycles. The summed E-state index contributed by atoms with van der Waals surface area (Å²) < 4.78 is 14.0. The fraction of sp³-hybridized carbons (Fsp3) is 0.667. The molecular formula is C18H29FN2. The van der Waals surface area contributed by atoms with Gasteiger partial charge in [0, 0.05) is 11.6 Å². The van der Waals surface area contributed by atoms with Crippen LogP contribution in [-0.2, 0) is 0 Å². The maximum atomic E-state index is 14.0. The maximum Gasteiger partial charge on any atom is 0.127 e. The second kappa shape index (κ2) is 9.16. The van der Waals surface area contributed by atoms with Crippen molar-refractivity contribution in [1.29, 1.82) is 0 Å². The summed E-state index contributed by atoms with van der Waals surface area (Å²) in [4.78, 5) is 2.56. The van der Waals surface area contributed by atoms with Gasteiger partial charge in [0.15, 0.2) is 0 Å². The molecule has 0 aromatic heterocycles. The standard InChI is InChI=1S/C18H29FN2/c1-2-20-18(16-10-6-7-11-17(16)19)12-15-21-13-8-4-3-5-9-14-21/h6-7,10-11,18,20H,2-5,8-9,12-15H2,1H3. The van der Waals surface area contributed by atoms with Crippen molar-refractivity contribution < 1.29 is 4.39 Å². The van der Waals surface area contributed by atoms with E-state index < -0.39 is 0 Å². The molecule has 0 bridgehead atoms. The molecule has 1 fully saturated rings. The molecule has 1 heterocycles. The van der Waals surface area contributed by atoms with Crippen molar-refractivity contribution in [2.45, 2.75) is 51.5 Å². The molecule has 21 heavy (non-hydrogen) atoms. The van der Waals surface area contributed by atoms with E-state index in [2.05, 4.69) is 17.1 Å². The molecule has 1 aromatic rings. The van der Waals surface area contributed by atoms with Crippen molar-refractivity contribution in [3.8, 4) is 0 Å². The number of hydrogen-bond donors (Lipinski definition) is 1. The van der Waals surface area contributed by atoms with Crippen molar-refractivity contribution in [2.24, 2.45) is 0 Å². The first-order valence-corrected chi connectivity index (χ1v) is 8.51. The Morgan fingerprint density at radius 3 is 2.43 bits per heavy atom. The summed E-state index contributed by atoms with van der Waals surface area (Å²) in [5.74, 6) is -0.0869. The molecule has 118 valence electrons. The van der Waals surface area contributed by atoms with E-state index >= 15 is 0 Å². The average molecular weight is 292 g/mol. The van der Waals surface area contributed by atoms with Crippen molar-refractivity contribution in [3.63, 3.8) is 0 Å². The fourth-order valence-electron chi connectivity index (χ4n) is 3.22. The smallest absolute Gasteiger partial charge is 0.127 e. The van der Waals surface area contributed by atoms with E-state index in [9.17, 15) is 4.39 Å². The summed E-state index contributed by atoms with van der Waals surface area (Å²) in [6, 6.07) is 7.30. The van der Waals surface area contributed by atoms with Crippen LogP contribution in [0.4, 0.5) is 4.39 Å². The van der Waals surface area contributed by atoms with Crippen LogP contribution in [0.5, 0.6) is 0 Å². The number of nitrogens with zero attached hydrogens (tertiary/aromatic N) is 1. The number of likely N-dealkylation sites (tertiary alicyclic amines) is 1. The van der Waals surface area contributed by atoms with Crippen molar-refractivity contribution in [2.75, 3.05) is 26.2 Å². The summed E-state index contributed by atoms with van der Waals surface area (Å²) in [5.41, 5.74) is 0.811. The lowest BCUT2D eigenvalue weighted by molar-refractivity contribution is 0.234. The van der Waals surface area contributed by atoms with E-state index in [0.29, 0.717) is 0 Å². The lowest BCUT2D eigenvalue weighted by Gasteiger charge is -2.27. The van der Waals surface area contributed by atoms with Crippen LogP contribution in [0.25, 0.3) is 0 Å². The Bertz CT molecular complexity index is 400. The second-order valence-corrected chi connectivity index (χ2v) is 6.03. The SMILES string of the molecule is CCNC(CCN1CCCCCCC1)c1ccccc1F. The first-order chi connectivity index (χ1) is 10.3. The molecule has 0 radical (unpaired) electrons. The first-order valence-electron chi connectivity index (χ1n) is 8.51. The number of halogens is 1. The van der Waals surface area contributed by atoms with Crippen LogP contribution in [0.15, 0.2) is 24.3 Å². The van der Waals surface area contributed by atoms with Crippen LogP contribution in [0.3, 0.4) is 0 Å². The highest BCUT2D eigenvalue weighted by Gasteiger charge is 2.16. The highest BCUT2D eigenvalue weighted by atomic mass is 19.1.